The van der Waals surface area contributed by atoms with Crippen molar-refractivity contribution in [1.82, 2.24) is 5.43 Å². The van der Waals surface area contributed by atoms with Crippen molar-refractivity contribution in [3.05, 3.63) is 50.9 Å². The van der Waals surface area contributed by atoms with E-state index in [-0.39, 0.29) is 0 Å². The van der Waals surface area contributed by atoms with E-state index in [0.717, 1.165) is 38.1 Å². The van der Waals surface area contributed by atoms with Gasteiger partial charge in [0.05, 0.1) is 17.7 Å². The van der Waals surface area contributed by atoms with Crippen molar-refractivity contribution < 1.29 is 9.47 Å². The van der Waals surface area contributed by atoms with E-state index in [2.05, 4.69) is 49.6 Å². The van der Waals surface area contributed by atoms with E-state index >= 15 is 0 Å². The molecule has 0 amide bonds. The van der Waals surface area contributed by atoms with Gasteiger partial charge in [-0.1, -0.05) is 25.1 Å². The fourth-order valence-corrected chi connectivity index (χ4v) is 3.13. The summed E-state index contributed by atoms with van der Waals surface area (Å²) < 4.78 is 13.4. The molecule has 2 N–H and O–H groups in total. The molecule has 0 unspecified atom stereocenters. The normalized spacial score (nSPS) is 10.5. The van der Waals surface area contributed by atoms with E-state index in [1.54, 1.807) is 0 Å². The van der Waals surface area contributed by atoms with Crippen LogP contribution in [0.1, 0.15) is 25.8 Å². The van der Waals surface area contributed by atoms with Gasteiger partial charge in [0.15, 0.2) is 11.5 Å². The summed E-state index contributed by atoms with van der Waals surface area (Å²) in [7, 11) is 0. The predicted octanol–water partition coefficient (Wildman–Crippen LogP) is 5.52. The first-order valence-corrected chi connectivity index (χ1v) is 9.56. The molecule has 0 saturated heterocycles. The standard InChI is InChI=1S/C18H22Br2N2O2/c1-3-10-24-18-15(23-4-2)11-13(16(19)17(18)20)12-21-22-14-8-6-5-7-9-14/h5-9,11,21-22H,3-4,10,12H2,1-2H3. The van der Waals surface area contributed by atoms with Crippen LogP contribution in [0.15, 0.2) is 45.3 Å². The lowest BCUT2D eigenvalue weighted by Gasteiger charge is -2.18. The van der Waals surface area contributed by atoms with Crippen molar-refractivity contribution in [2.75, 3.05) is 18.6 Å². The average molecular weight is 458 g/mol. The molecule has 0 bridgehead atoms. The summed E-state index contributed by atoms with van der Waals surface area (Å²) in [6, 6.07) is 12.0. The maximum absolute atomic E-state index is 5.84. The number of benzene rings is 2. The second-order valence-corrected chi connectivity index (χ2v) is 6.70. The lowest BCUT2D eigenvalue weighted by molar-refractivity contribution is 0.275. The van der Waals surface area contributed by atoms with Gasteiger partial charge in [0.25, 0.3) is 0 Å². The molecule has 0 aliphatic carbocycles. The van der Waals surface area contributed by atoms with Crippen LogP contribution in [0, 0.1) is 0 Å². The smallest absolute Gasteiger partial charge is 0.176 e. The highest BCUT2D eigenvalue weighted by molar-refractivity contribution is 9.13. The number of rotatable bonds is 9. The largest absolute Gasteiger partial charge is 0.490 e. The van der Waals surface area contributed by atoms with Gasteiger partial charge in [-0.25, -0.2) is 5.43 Å². The van der Waals surface area contributed by atoms with Gasteiger partial charge in [-0.3, -0.25) is 0 Å². The van der Waals surface area contributed by atoms with E-state index in [9.17, 15) is 0 Å². The number of halogens is 2. The molecule has 0 aromatic heterocycles. The summed E-state index contributed by atoms with van der Waals surface area (Å²) in [4.78, 5) is 0. The van der Waals surface area contributed by atoms with Crippen LogP contribution in [0.5, 0.6) is 11.5 Å². The van der Waals surface area contributed by atoms with Gasteiger partial charge in [-0.15, -0.1) is 0 Å². The molecule has 2 rings (SSSR count). The fraction of sp³-hybridized carbons (Fsp3) is 0.333. The first-order valence-electron chi connectivity index (χ1n) is 7.97. The van der Waals surface area contributed by atoms with Crippen LogP contribution in [0.3, 0.4) is 0 Å². The maximum atomic E-state index is 5.84. The van der Waals surface area contributed by atoms with Crippen LogP contribution in [0.4, 0.5) is 5.69 Å². The molecule has 0 heterocycles. The summed E-state index contributed by atoms with van der Waals surface area (Å²) >= 11 is 7.26. The molecule has 0 atom stereocenters. The Kier molecular flexibility index (Phi) is 7.88. The molecule has 0 aliphatic rings. The third-order valence-electron chi connectivity index (χ3n) is 3.24. The van der Waals surface area contributed by atoms with Crippen molar-refractivity contribution in [1.29, 1.82) is 0 Å². The van der Waals surface area contributed by atoms with Crippen LogP contribution in [0.2, 0.25) is 0 Å². The molecule has 6 heteroatoms. The van der Waals surface area contributed by atoms with Gasteiger partial charge in [0.1, 0.15) is 0 Å². The zero-order valence-electron chi connectivity index (χ0n) is 13.9. The van der Waals surface area contributed by atoms with E-state index in [0.29, 0.717) is 19.8 Å². The highest BCUT2D eigenvalue weighted by atomic mass is 79.9. The maximum Gasteiger partial charge on any atom is 0.176 e. The first-order chi connectivity index (χ1) is 11.7. The molecule has 0 saturated carbocycles. The van der Waals surface area contributed by atoms with Gasteiger partial charge < -0.3 is 14.9 Å². The Labute approximate surface area is 160 Å². The zero-order valence-corrected chi connectivity index (χ0v) is 17.0. The molecule has 2 aromatic rings. The number of hydrazine groups is 1. The summed E-state index contributed by atoms with van der Waals surface area (Å²) in [6.45, 7) is 5.91. The van der Waals surface area contributed by atoms with E-state index < -0.39 is 0 Å². The first kappa shape index (κ1) is 19.1. The molecular weight excluding hydrogens is 436 g/mol. The minimum atomic E-state index is 0.589. The lowest BCUT2D eigenvalue weighted by Crippen LogP contribution is -2.21. The third kappa shape index (κ3) is 5.13. The number of para-hydroxylation sites is 1. The average Bonchev–Trinajstić information content (AvgIpc) is 2.60. The van der Waals surface area contributed by atoms with Crippen LogP contribution >= 0.6 is 31.9 Å². The molecule has 0 aliphatic heterocycles. The van der Waals surface area contributed by atoms with Crippen molar-refractivity contribution in [3.63, 3.8) is 0 Å². The lowest BCUT2D eigenvalue weighted by atomic mass is 10.2. The van der Waals surface area contributed by atoms with Crippen LogP contribution in [-0.2, 0) is 6.54 Å². The van der Waals surface area contributed by atoms with Gasteiger partial charge >= 0.3 is 0 Å². The van der Waals surface area contributed by atoms with E-state index in [1.165, 1.54) is 0 Å². The van der Waals surface area contributed by atoms with Crippen molar-refractivity contribution in [2.24, 2.45) is 0 Å². The Morgan fingerprint density at radius 2 is 1.75 bits per heavy atom. The zero-order chi connectivity index (χ0) is 17.4. The second kappa shape index (κ2) is 9.91. The number of anilines is 1. The molecule has 0 radical (unpaired) electrons. The molecular formula is C18H22Br2N2O2. The molecule has 24 heavy (non-hydrogen) atoms. The Morgan fingerprint density at radius 3 is 2.42 bits per heavy atom. The Morgan fingerprint density at radius 1 is 1.00 bits per heavy atom. The number of hydrogen-bond donors (Lipinski definition) is 2. The van der Waals surface area contributed by atoms with Crippen LogP contribution in [-0.4, -0.2) is 13.2 Å². The molecule has 4 nitrogen and oxygen atoms in total. The number of ether oxygens (including phenoxy) is 2. The topological polar surface area (TPSA) is 42.5 Å². The van der Waals surface area contributed by atoms with E-state index in [4.69, 9.17) is 9.47 Å². The van der Waals surface area contributed by atoms with Gasteiger partial charge in [0, 0.05) is 16.7 Å². The number of hydrogen-bond acceptors (Lipinski definition) is 4. The summed E-state index contributed by atoms with van der Waals surface area (Å²) in [5, 5.41) is 0. The molecule has 0 spiro atoms. The Bertz CT molecular complexity index is 651. The number of nitrogens with one attached hydrogen (secondary N) is 2. The minimum Gasteiger partial charge on any atom is -0.490 e. The van der Waals surface area contributed by atoms with E-state index in [1.807, 2.05) is 43.3 Å². The summed E-state index contributed by atoms with van der Waals surface area (Å²) in [5.74, 6) is 1.49. The van der Waals surface area contributed by atoms with Gasteiger partial charge in [-0.05, 0) is 69.0 Å². The Hall–Kier alpha value is -1.24. The molecule has 0 fully saturated rings. The monoisotopic (exact) mass is 456 g/mol. The predicted molar refractivity (Wildman–Crippen MR) is 106 cm³/mol. The quantitative estimate of drug-likeness (QED) is 0.486. The van der Waals surface area contributed by atoms with Gasteiger partial charge in [-0.2, -0.15) is 0 Å². The van der Waals surface area contributed by atoms with Crippen molar-refractivity contribution >= 4 is 37.5 Å². The van der Waals surface area contributed by atoms with Crippen molar-refractivity contribution in [3.8, 4) is 11.5 Å². The third-order valence-corrected chi connectivity index (χ3v) is 5.43. The second-order valence-electron chi connectivity index (χ2n) is 5.12. The highest BCUT2D eigenvalue weighted by Crippen LogP contribution is 2.43. The van der Waals surface area contributed by atoms with Crippen LogP contribution < -0.4 is 20.3 Å². The summed E-state index contributed by atoms with van der Waals surface area (Å²) in [6.07, 6.45) is 0.944. The molecule has 130 valence electrons. The SMILES string of the molecule is CCCOc1c(OCC)cc(CNNc2ccccc2)c(Br)c1Br. The minimum absolute atomic E-state index is 0.589. The van der Waals surface area contributed by atoms with Crippen molar-refractivity contribution in [2.45, 2.75) is 26.8 Å². The fourth-order valence-electron chi connectivity index (χ4n) is 2.13. The highest BCUT2D eigenvalue weighted by Gasteiger charge is 2.17. The molecule has 2 aromatic carbocycles. The summed E-state index contributed by atoms with van der Waals surface area (Å²) in [5.41, 5.74) is 8.48. The van der Waals surface area contributed by atoms with Crippen LogP contribution in [0.25, 0.3) is 0 Å². The Balaban J connectivity index is 2.14. The van der Waals surface area contributed by atoms with Gasteiger partial charge in [0.2, 0.25) is 0 Å².